The molecule has 6 nitrogen and oxygen atoms in total. The molecule has 1 amide bonds. The van der Waals surface area contributed by atoms with Gasteiger partial charge in [-0.05, 0) is 36.8 Å². The van der Waals surface area contributed by atoms with E-state index in [2.05, 4.69) is 22.1 Å². The summed E-state index contributed by atoms with van der Waals surface area (Å²) in [7, 11) is 0. The largest absolute Gasteiger partial charge is 0.484 e. The Morgan fingerprint density at radius 2 is 2.03 bits per heavy atom. The number of amides is 1. The average molecular weight is 497 g/mol. The van der Waals surface area contributed by atoms with Gasteiger partial charge in [0, 0.05) is 6.54 Å². The number of anilines is 1. The first kappa shape index (κ1) is 24.7. The minimum Gasteiger partial charge on any atom is -0.484 e. The van der Waals surface area contributed by atoms with E-state index in [9.17, 15) is 18.0 Å². The standard InChI is InChI=1S/C22H20ClF3N4O2S/c1-3-10-30-19(12-32-18-11-14(2)8-9-16(18)23)28-29-21(30)33-13-20(31)27-17-7-5-4-6-15(17)22(24,25)26/h3-9,11H,1,10,12-13H2,2H3,(H,27,31). The number of aryl methyl sites for hydroxylation is 1. The number of allylic oxidation sites excluding steroid dienone is 1. The normalized spacial score (nSPS) is 11.3. The maximum absolute atomic E-state index is 13.1. The third-order valence-corrected chi connectivity index (χ3v) is 5.67. The third kappa shape index (κ3) is 6.52. The number of carbonyl (C=O) groups excluding carboxylic acids is 1. The summed E-state index contributed by atoms with van der Waals surface area (Å²) in [6, 6.07) is 10.2. The Kier molecular flexibility index (Phi) is 8.04. The van der Waals surface area contributed by atoms with E-state index in [-0.39, 0.29) is 18.0 Å². The predicted octanol–water partition coefficient (Wildman–Crippen LogP) is 5.75. The SMILES string of the molecule is C=CCn1c(COc2cc(C)ccc2Cl)nnc1SCC(=O)Nc1ccccc1C(F)(F)F. The summed E-state index contributed by atoms with van der Waals surface area (Å²) in [5.41, 5.74) is -0.226. The fourth-order valence-electron chi connectivity index (χ4n) is 2.86. The zero-order valence-corrected chi connectivity index (χ0v) is 19.1. The number of nitrogens with one attached hydrogen (secondary N) is 1. The number of benzene rings is 2. The summed E-state index contributed by atoms with van der Waals surface area (Å²) < 4.78 is 46.8. The molecule has 0 bridgehead atoms. The van der Waals surface area contributed by atoms with Crippen molar-refractivity contribution in [2.45, 2.75) is 31.4 Å². The number of hydrogen-bond donors (Lipinski definition) is 1. The van der Waals surface area contributed by atoms with Crippen molar-refractivity contribution in [3.8, 4) is 5.75 Å². The second-order valence-electron chi connectivity index (χ2n) is 6.90. The molecule has 2 aromatic carbocycles. The maximum Gasteiger partial charge on any atom is 0.418 e. The van der Waals surface area contributed by atoms with Gasteiger partial charge in [-0.3, -0.25) is 9.36 Å². The minimum absolute atomic E-state index is 0.0791. The molecule has 3 aromatic rings. The summed E-state index contributed by atoms with van der Waals surface area (Å²) in [5, 5.41) is 11.4. The van der Waals surface area contributed by atoms with Crippen molar-refractivity contribution < 1.29 is 22.7 Å². The first-order valence-corrected chi connectivity index (χ1v) is 11.1. The molecule has 0 saturated carbocycles. The van der Waals surface area contributed by atoms with Crippen LogP contribution in [-0.4, -0.2) is 26.4 Å². The predicted molar refractivity (Wildman–Crippen MR) is 122 cm³/mol. The van der Waals surface area contributed by atoms with E-state index in [4.69, 9.17) is 16.3 Å². The van der Waals surface area contributed by atoms with Crippen molar-refractivity contribution in [3.05, 3.63) is 77.1 Å². The molecule has 1 N–H and O–H groups in total. The molecule has 11 heteroatoms. The van der Waals surface area contributed by atoms with E-state index in [0.29, 0.717) is 28.3 Å². The first-order chi connectivity index (χ1) is 15.7. The monoisotopic (exact) mass is 496 g/mol. The Labute approximate surface area is 197 Å². The summed E-state index contributed by atoms with van der Waals surface area (Å²) in [5.74, 6) is 0.222. The highest BCUT2D eigenvalue weighted by molar-refractivity contribution is 7.99. The third-order valence-electron chi connectivity index (χ3n) is 4.39. The van der Waals surface area contributed by atoms with Crippen LogP contribution in [0.2, 0.25) is 5.02 Å². The van der Waals surface area contributed by atoms with Crippen LogP contribution in [0.1, 0.15) is 17.0 Å². The van der Waals surface area contributed by atoms with Crippen LogP contribution in [0.4, 0.5) is 18.9 Å². The van der Waals surface area contributed by atoms with Crippen molar-refractivity contribution in [1.82, 2.24) is 14.8 Å². The molecule has 0 aliphatic carbocycles. The smallest absolute Gasteiger partial charge is 0.418 e. The van der Waals surface area contributed by atoms with Gasteiger partial charge in [-0.15, -0.1) is 16.8 Å². The van der Waals surface area contributed by atoms with Crippen LogP contribution in [0.3, 0.4) is 0 Å². The molecule has 0 radical (unpaired) electrons. The lowest BCUT2D eigenvalue weighted by Crippen LogP contribution is -2.18. The highest BCUT2D eigenvalue weighted by Gasteiger charge is 2.33. The summed E-state index contributed by atoms with van der Waals surface area (Å²) in [4.78, 5) is 12.3. The quantitative estimate of drug-likeness (QED) is 0.301. The number of rotatable bonds is 9. The van der Waals surface area contributed by atoms with Crippen LogP contribution in [0.5, 0.6) is 5.75 Å². The molecule has 0 unspecified atom stereocenters. The fourth-order valence-corrected chi connectivity index (χ4v) is 3.80. The van der Waals surface area contributed by atoms with Crippen LogP contribution in [0.25, 0.3) is 0 Å². The molecular formula is C22H20ClF3N4O2S. The van der Waals surface area contributed by atoms with E-state index in [1.165, 1.54) is 18.2 Å². The van der Waals surface area contributed by atoms with Gasteiger partial charge in [0.1, 0.15) is 12.4 Å². The van der Waals surface area contributed by atoms with Gasteiger partial charge in [0.2, 0.25) is 5.91 Å². The molecular weight excluding hydrogens is 477 g/mol. The molecule has 0 aliphatic rings. The van der Waals surface area contributed by atoms with Crippen molar-refractivity contribution in [1.29, 1.82) is 0 Å². The zero-order chi connectivity index (χ0) is 24.0. The molecule has 3 rings (SSSR count). The highest BCUT2D eigenvalue weighted by Crippen LogP contribution is 2.34. The van der Waals surface area contributed by atoms with Gasteiger partial charge in [0.05, 0.1) is 22.0 Å². The van der Waals surface area contributed by atoms with Gasteiger partial charge in [-0.2, -0.15) is 13.2 Å². The Bertz CT molecular complexity index is 1150. The van der Waals surface area contributed by atoms with Crippen molar-refractivity contribution in [2.24, 2.45) is 0 Å². The number of para-hydroxylation sites is 1. The second-order valence-corrected chi connectivity index (χ2v) is 8.25. The average Bonchev–Trinajstić information content (AvgIpc) is 3.14. The van der Waals surface area contributed by atoms with E-state index in [1.807, 2.05) is 13.0 Å². The summed E-state index contributed by atoms with van der Waals surface area (Å²) in [6.07, 6.45) is -2.94. The van der Waals surface area contributed by atoms with Crippen LogP contribution in [-0.2, 0) is 24.1 Å². The van der Waals surface area contributed by atoms with Gasteiger partial charge in [-0.1, -0.05) is 47.6 Å². The lowest BCUT2D eigenvalue weighted by molar-refractivity contribution is -0.137. The van der Waals surface area contributed by atoms with E-state index >= 15 is 0 Å². The molecule has 0 saturated heterocycles. The summed E-state index contributed by atoms with van der Waals surface area (Å²) >= 11 is 7.20. The second kappa shape index (κ2) is 10.8. The first-order valence-electron chi connectivity index (χ1n) is 9.70. The molecule has 0 fully saturated rings. The van der Waals surface area contributed by atoms with Crippen LogP contribution >= 0.6 is 23.4 Å². The van der Waals surface area contributed by atoms with Gasteiger partial charge in [0.25, 0.3) is 0 Å². The van der Waals surface area contributed by atoms with E-state index in [0.717, 1.165) is 23.4 Å². The van der Waals surface area contributed by atoms with Gasteiger partial charge < -0.3 is 10.1 Å². The lowest BCUT2D eigenvalue weighted by atomic mass is 10.1. The fraction of sp³-hybridized carbons (Fsp3) is 0.227. The molecule has 174 valence electrons. The minimum atomic E-state index is -4.57. The Morgan fingerprint density at radius 1 is 1.27 bits per heavy atom. The lowest BCUT2D eigenvalue weighted by Gasteiger charge is -2.13. The molecule has 0 atom stereocenters. The van der Waals surface area contributed by atoms with Crippen molar-refractivity contribution >= 4 is 35.0 Å². The molecule has 0 spiro atoms. The zero-order valence-electron chi connectivity index (χ0n) is 17.5. The number of aromatic nitrogens is 3. The Morgan fingerprint density at radius 3 is 2.76 bits per heavy atom. The molecule has 0 aliphatic heterocycles. The van der Waals surface area contributed by atoms with Crippen molar-refractivity contribution in [3.63, 3.8) is 0 Å². The topological polar surface area (TPSA) is 69.0 Å². The number of halogens is 4. The number of nitrogens with zero attached hydrogens (tertiary/aromatic N) is 3. The number of alkyl halides is 3. The Balaban J connectivity index is 1.67. The summed E-state index contributed by atoms with van der Waals surface area (Å²) in [6.45, 7) is 6.06. The maximum atomic E-state index is 13.1. The van der Waals surface area contributed by atoms with Crippen LogP contribution in [0, 0.1) is 6.92 Å². The highest BCUT2D eigenvalue weighted by atomic mass is 35.5. The van der Waals surface area contributed by atoms with Crippen molar-refractivity contribution in [2.75, 3.05) is 11.1 Å². The van der Waals surface area contributed by atoms with E-state index < -0.39 is 17.6 Å². The van der Waals surface area contributed by atoms with Gasteiger partial charge >= 0.3 is 6.18 Å². The number of carbonyl (C=O) groups is 1. The van der Waals surface area contributed by atoms with Gasteiger partial charge in [0.15, 0.2) is 11.0 Å². The Hall–Kier alpha value is -2.98. The molecule has 1 aromatic heterocycles. The van der Waals surface area contributed by atoms with E-state index in [1.54, 1.807) is 22.8 Å². The van der Waals surface area contributed by atoms with Gasteiger partial charge in [-0.25, -0.2) is 0 Å². The molecule has 1 heterocycles. The number of ether oxygens (including phenoxy) is 1. The number of thioether (sulfide) groups is 1. The van der Waals surface area contributed by atoms with Crippen LogP contribution in [0.15, 0.2) is 60.3 Å². The van der Waals surface area contributed by atoms with Crippen LogP contribution < -0.4 is 10.1 Å². The number of hydrogen-bond acceptors (Lipinski definition) is 5. The molecule has 33 heavy (non-hydrogen) atoms.